The molecule has 4 heteroatoms. The molecule has 1 aromatic carbocycles. The molecule has 0 aliphatic heterocycles. The molecule has 0 unspecified atom stereocenters. The van der Waals surface area contributed by atoms with Crippen LogP contribution in [-0.2, 0) is 14.9 Å². The van der Waals surface area contributed by atoms with E-state index < -0.39 is 11.4 Å². The number of ether oxygens (including phenoxy) is 2. The lowest BCUT2D eigenvalue weighted by atomic mass is 9.92. The Hall–Kier alpha value is -1.55. The summed E-state index contributed by atoms with van der Waals surface area (Å²) >= 11 is 0. The van der Waals surface area contributed by atoms with Crippen molar-refractivity contribution in [2.45, 2.75) is 32.1 Å². The van der Waals surface area contributed by atoms with E-state index in [1.54, 1.807) is 7.11 Å². The molecule has 0 bridgehead atoms. The molecule has 0 aromatic heterocycles. The van der Waals surface area contributed by atoms with Gasteiger partial charge < -0.3 is 14.6 Å². The van der Waals surface area contributed by atoms with E-state index in [0.717, 1.165) is 16.7 Å². The molecule has 2 rings (SSSR count). The molecular weight excluding hydrogens is 232 g/mol. The topological polar surface area (TPSA) is 55.8 Å². The number of methoxy groups -OCH3 is 1. The second-order valence-electron chi connectivity index (χ2n) is 4.87. The van der Waals surface area contributed by atoms with Gasteiger partial charge in [0.1, 0.15) is 5.75 Å². The van der Waals surface area contributed by atoms with Crippen molar-refractivity contribution in [2.24, 2.45) is 0 Å². The summed E-state index contributed by atoms with van der Waals surface area (Å²) in [6.07, 6.45) is 1.35. The van der Waals surface area contributed by atoms with Crippen LogP contribution in [0.15, 0.2) is 12.1 Å². The smallest absolute Gasteiger partial charge is 0.314 e. The van der Waals surface area contributed by atoms with Gasteiger partial charge in [0, 0.05) is 12.7 Å². The first kappa shape index (κ1) is 12.9. The fraction of sp³-hybridized carbons (Fsp3) is 0.500. The highest BCUT2D eigenvalue weighted by atomic mass is 16.7. The lowest BCUT2D eigenvalue weighted by Gasteiger charge is -2.18. The molecule has 0 amide bonds. The van der Waals surface area contributed by atoms with E-state index in [9.17, 15) is 9.90 Å². The summed E-state index contributed by atoms with van der Waals surface area (Å²) in [5.41, 5.74) is 2.20. The number of carboxylic acid groups (broad SMARTS) is 1. The van der Waals surface area contributed by atoms with Crippen molar-refractivity contribution in [3.05, 3.63) is 28.8 Å². The van der Waals surface area contributed by atoms with Crippen molar-refractivity contribution in [1.82, 2.24) is 0 Å². The highest BCUT2D eigenvalue weighted by Gasteiger charge is 2.53. The Bertz CT molecular complexity index is 475. The van der Waals surface area contributed by atoms with Gasteiger partial charge in [-0.1, -0.05) is 6.07 Å². The maximum atomic E-state index is 11.4. The van der Waals surface area contributed by atoms with Gasteiger partial charge in [0.05, 0.1) is 5.41 Å². The van der Waals surface area contributed by atoms with Gasteiger partial charge in [0.2, 0.25) is 0 Å². The first-order valence-corrected chi connectivity index (χ1v) is 5.98. The van der Waals surface area contributed by atoms with Crippen molar-refractivity contribution in [3.63, 3.8) is 0 Å². The first-order chi connectivity index (χ1) is 8.51. The quantitative estimate of drug-likeness (QED) is 0.815. The molecule has 0 heterocycles. The molecule has 1 N–H and O–H groups in total. The fourth-order valence-corrected chi connectivity index (χ4v) is 2.13. The maximum Gasteiger partial charge on any atom is 0.314 e. The van der Waals surface area contributed by atoms with E-state index in [-0.39, 0.29) is 6.79 Å². The number of rotatable bonds is 5. The lowest BCUT2D eigenvalue weighted by Crippen LogP contribution is -2.21. The Kier molecular flexibility index (Phi) is 3.30. The third kappa shape index (κ3) is 2.08. The molecular formula is C14H18O4. The number of aryl methyl sites for hydroxylation is 2. The van der Waals surface area contributed by atoms with Gasteiger partial charge in [-0.05, 0) is 43.9 Å². The molecule has 1 saturated carbocycles. The second kappa shape index (κ2) is 4.61. The monoisotopic (exact) mass is 250 g/mol. The van der Waals surface area contributed by atoms with Crippen molar-refractivity contribution >= 4 is 5.97 Å². The standard InChI is InChI=1S/C14H18O4/c1-9-6-11(14(4-5-14)13(15)16)12(7-10(9)2)18-8-17-3/h6-7H,4-5,8H2,1-3H3,(H,15,16). The van der Waals surface area contributed by atoms with Gasteiger partial charge in [-0.2, -0.15) is 0 Å². The van der Waals surface area contributed by atoms with Gasteiger partial charge >= 0.3 is 5.97 Å². The van der Waals surface area contributed by atoms with Crippen LogP contribution in [0, 0.1) is 13.8 Å². The summed E-state index contributed by atoms with van der Waals surface area (Å²) < 4.78 is 10.4. The molecule has 0 radical (unpaired) electrons. The van der Waals surface area contributed by atoms with Crippen molar-refractivity contribution in [2.75, 3.05) is 13.9 Å². The van der Waals surface area contributed by atoms with Gasteiger partial charge in [-0.15, -0.1) is 0 Å². The fourth-order valence-electron chi connectivity index (χ4n) is 2.13. The van der Waals surface area contributed by atoms with E-state index in [1.807, 2.05) is 26.0 Å². The Morgan fingerprint density at radius 3 is 2.44 bits per heavy atom. The number of aliphatic carboxylic acids is 1. The summed E-state index contributed by atoms with van der Waals surface area (Å²) in [7, 11) is 1.55. The highest BCUT2D eigenvalue weighted by Crippen LogP contribution is 2.52. The zero-order chi connectivity index (χ0) is 13.3. The molecule has 1 aliphatic carbocycles. The average molecular weight is 250 g/mol. The van der Waals surface area contributed by atoms with Crippen LogP contribution in [0.4, 0.5) is 0 Å². The summed E-state index contributed by atoms with van der Waals surface area (Å²) in [6.45, 7) is 4.10. The summed E-state index contributed by atoms with van der Waals surface area (Å²) in [6, 6.07) is 3.83. The molecule has 1 fully saturated rings. The zero-order valence-electron chi connectivity index (χ0n) is 10.9. The first-order valence-electron chi connectivity index (χ1n) is 5.98. The molecule has 1 aromatic rings. The van der Waals surface area contributed by atoms with Crippen molar-refractivity contribution < 1.29 is 19.4 Å². The Balaban J connectivity index is 2.44. The van der Waals surface area contributed by atoms with E-state index in [0.29, 0.717) is 18.6 Å². The van der Waals surface area contributed by atoms with E-state index in [1.165, 1.54) is 0 Å². The molecule has 4 nitrogen and oxygen atoms in total. The zero-order valence-corrected chi connectivity index (χ0v) is 10.9. The maximum absolute atomic E-state index is 11.4. The number of hydrogen-bond acceptors (Lipinski definition) is 3. The molecule has 1 aliphatic rings. The summed E-state index contributed by atoms with van der Waals surface area (Å²) in [5.74, 6) is -0.145. The Labute approximate surface area is 107 Å². The van der Waals surface area contributed by atoms with Crippen LogP contribution in [-0.4, -0.2) is 25.0 Å². The summed E-state index contributed by atoms with van der Waals surface area (Å²) in [4.78, 5) is 11.4. The number of carbonyl (C=O) groups is 1. The molecule has 18 heavy (non-hydrogen) atoms. The number of benzene rings is 1. The van der Waals surface area contributed by atoms with E-state index in [2.05, 4.69) is 0 Å². The van der Waals surface area contributed by atoms with Crippen molar-refractivity contribution in [3.8, 4) is 5.75 Å². The predicted octanol–water partition coefficient (Wildman–Crippen LogP) is 2.40. The predicted molar refractivity (Wildman–Crippen MR) is 67.0 cm³/mol. The minimum absolute atomic E-state index is 0.130. The van der Waals surface area contributed by atoms with Crippen LogP contribution in [0.5, 0.6) is 5.75 Å². The molecule has 0 atom stereocenters. The number of carboxylic acids is 1. The van der Waals surface area contributed by atoms with Crippen molar-refractivity contribution in [1.29, 1.82) is 0 Å². The SMILES string of the molecule is COCOc1cc(C)c(C)cc1C1(C(=O)O)CC1. The Morgan fingerprint density at radius 2 is 1.94 bits per heavy atom. The highest BCUT2D eigenvalue weighted by molar-refractivity contribution is 5.86. The second-order valence-corrected chi connectivity index (χ2v) is 4.87. The van der Waals surface area contributed by atoms with Gasteiger partial charge in [0.25, 0.3) is 0 Å². The van der Waals surface area contributed by atoms with Crippen LogP contribution in [0.3, 0.4) is 0 Å². The lowest BCUT2D eigenvalue weighted by molar-refractivity contribution is -0.140. The number of hydrogen-bond donors (Lipinski definition) is 1. The molecule has 98 valence electrons. The van der Waals surface area contributed by atoms with Gasteiger partial charge in [-0.3, -0.25) is 4.79 Å². The largest absolute Gasteiger partial charge is 0.481 e. The molecule has 0 spiro atoms. The third-order valence-electron chi connectivity index (χ3n) is 3.60. The van der Waals surface area contributed by atoms with Crippen LogP contribution in [0.25, 0.3) is 0 Å². The van der Waals surface area contributed by atoms with E-state index in [4.69, 9.17) is 9.47 Å². The summed E-state index contributed by atoms with van der Waals surface area (Å²) in [5, 5.41) is 9.38. The van der Waals surface area contributed by atoms with Crippen LogP contribution in [0.2, 0.25) is 0 Å². The minimum atomic E-state index is -0.770. The third-order valence-corrected chi connectivity index (χ3v) is 3.60. The molecule has 0 saturated heterocycles. The minimum Gasteiger partial charge on any atom is -0.481 e. The average Bonchev–Trinajstić information content (AvgIpc) is 3.11. The van der Waals surface area contributed by atoms with Crippen LogP contribution in [0.1, 0.15) is 29.5 Å². The normalized spacial score (nSPS) is 16.4. The van der Waals surface area contributed by atoms with Gasteiger partial charge in [0.15, 0.2) is 6.79 Å². The van der Waals surface area contributed by atoms with E-state index >= 15 is 0 Å². The Morgan fingerprint density at radius 1 is 1.33 bits per heavy atom. The van der Waals surface area contributed by atoms with Crippen LogP contribution < -0.4 is 4.74 Å². The van der Waals surface area contributed by atoms with Crippen LogP contribution >= 0.6 is 0 Å². The van der Waals surface area contributed by atoms with Gasteiger partial charge in [-0.25, -0.2) is 0 Å².